The van der Waals surface area contributed by atoms with Gasteiger partial charge in [0.1, 0.15) is 0 Å². The van der Waals surface area contributed by atoms with Crippen molar-refractivity contribution < 1.29 is 4.74 Å². The fraction of sp³-hybridized carbons (Fsp3) is 0.421. The van der Waals surface area contributed by atoms with E-state index in [0.717, 1.165) is 5.56 Å². The van der Waals surface area contributed by atoms with E-state index in [1.54, 1.807) is 4.57 Å². The van der Waals surface area contributed by atoms with E-state index < -0.39 is 0 Å². The molecule has 1 atom stereocenters. The summed E-state index contributed by atoms with van der Waals surface area (Å²) in [5.74, 6) is 0.846. The summed E-state index contributed by atoms with van der Waals surface area (Å²) in [4.78, 5) is 12.2. The highest BCUT2D eigenvalue weighted by Crippen LogP contribution is 2.40. The molecular weight excluding hydrogens is 288 g/mol. The van der Waals surface area contributed by atoms with Crippen molar-refractivity contribution in [1.82, 2.24) is 4.57 Å². The maximum Gasteiger partial charge on any atom is 0.273 e. The minimum absolute atomic E-state index is 0.0932. The molecule has 1 unspecified atom stereocenters. The zero-order valence-corrected chi connectivity index (χ0v) is 13.6. The molecule has 1 saturated carbocycles. The van der Waals surface area contributed by atoms with Crippen molar-refractivity contribution in [3.63, 3.8) is 0 Å². The van der Waals surface area contributed by atoms with E-state index in [4.69, 9.17) is 10.5 Å². The molecule has 4 heteroatoms. The molecule has 1 fully saturated rings. The summed E-state index contributed by atoms with van der Waals surface area (Å²) in [5, 5.41) is 0. The first kappa shape index (κ1) is 15.8. The zero-order valence-electron chi connectivity index (χ0n) is 13.6. The summed E-state index contributed by atoms with van der Waals surface area (Å²) < 4.78 is 7.52. The summed E-state index contributed by atoms with van der Waals surface area (Å²) in [6.45, 7) is 3.95. The standard InChI is InChI=1S/C19H24N2O2/c1-14(12-23-13-15-5-3-2-4-6-15)10-21-11-17(16-7-8-16)9-18(20)19(21)22/h2-6,9,11,14,16H,7-8,10,12-13,20H2,1H3. The summed E-state index contributed by atoms with van der Waals surface area (Å²) >= 11 is 0. The van der Waals surface area contributed by atoms with Gasteiger partial charge in [-0.3, -0.25) is 4.79 Å². The number of nitrogens with zero attached hydrogens (tertiary/aromatic N) is 1. The van der Waals surface area contributed by atoms with Gasteiger partial charge in [-0.05, 0) is 41.9 Å². The second kappa shape index (κ2) is 7.01. The molecule has 0 aliphatic heterocycles. The predicted molar refractivity (Wildman–Crippen MR) is 92.4 cm³/mol. The van der Waals surface area contributed by atoms with Gasteiger partial charge in [-0.15, -0.1) is 0 Å². The molecule has 0 saturated heterocycles. The quantitative estimate of drug-likeness (QED) is 0.854. The fourth-order valence-corrected chi connectivity index (χ4v) is 2.80. The average molecular weight is 312 g/mol. The first-order valence-corrected chi connectivity index (χ1v) is 8.25. The van der Waals surface area contributed by atoms with E-state index >= 15 is 0 Å². The molecule has 23 heavy (non-hydrogen) atoms. The van der Waals surface area contributed by atoms with Crippen molar-refractivity contribution in [2.75, 3.05) is 12.3 Å². The molecule has 3 rings (SSSR count). The summed E-state index contributed by atoms with van der Waals surface area (Å²) in [6.07, 6.45) is 4.38. The van der Waals surface area contributed by atoms with Gasteiger partial charge in [-0.25, -0.2) is 0 Å². The number of hydrogen-bond donors (Lipinski definition) is 1. The minimum atomic E-state index is -0.0932. The lowest BCUT2D eigenvalue weighted by atomic mass is 10.1. The first-order valence-electron chi connectivity index (χ1n) is 8.25. The Morgan fingerprint density at radius 1 is 1.30 bits per heavy atom. The van der Waals surface area contributed by atoms with Crippen LogP contribution in [0.4, 0.5) is 5.69 Å². The molecule has 0 bridgehead atoms. The lowest BCUT2D eigenvalue weighted by Gasteiger charge is -2.15. The molecule has 0 amide bonds. The number of rotatable bonds is 7. The Morgan fingerprint density at radius 2 is 2.04 bits per heavy atom. The van der Waals surface area contributed by atoms with Crippen LogP contribution in [0, 0.1) is 5.92 Å². The van der Waals surface area contributed by atoms with Crippen LogP contribution < -0.4 is 11.3 Å². The molecule has 122 valence electrons. The number of ether oxygens (including phenoxy) is 1. The highest BCUT2D eigenvalue weighted by Gasteiger charge is 2.25. The molecule has 1 aromatic heterocycles. The lowest BCUT2D eigenvalue weighted by Crippen LogP contribution is -2.27. The number of anilines is 1. The van der Waals surface area contributed by atoms with Crippen LogP contribution in [0.25, 0.3) is 0 Å². The van der Waals surface area contributed by atoms with Crippen LogP contribution in [0.3, 0.4) is 0 Å². The van der Waals surface area contributed by atoms with Crippen LogP contribution in [0.15, 0.2) is 47.4 Å². The maximum atomic E-state index is 12.2. The van der Waals surface area contributed by atoms with Crippen LogP contribution in [0.1, 0.15) is 36.8 Å². The number of nitrogens with two attached hydrogens (primary N) is 1. The summed E-state index contributed by atoms with van der Waals surface area (Å²) in [6, 6.07) is 12.0. The third-order valence-corrected chi connectivity index (χ3v) is 4.21. The fourth-order valence-electron chi connectivity index (χ4n) is 2.80. The molecule has 0 radical (unpaired) electrons. The third kappa shape index (κ3) is 4.23. The number of aromatic nitrogens is 1. The highest BCUT2D eigenvalue weighted by atomic mass is 16.5. The van der Waals surface area contributed by atoms with Crippen molar-refractivity contribution in [2.45, 2.75) is 38.8 Å². The van der Waals surface area contributed by atoms with E-state index in [1.165, 1.54) is 18.4 Å². The van der Waals surface area contributed by atoms with E-state index in [0.29, 0.717) is 31.4 Å². The van der Waals surface area contributed by atoms with Crippen LogP contribution in [-0.4, -0.2) is 11.2 Å². The monoisotopic (exact) mass is 312 g/mol. The van der Waals surface area contributed by atoms with Crippen molar-refractivity contribution in [1.29, 1.82) is 0 Å². The zero-order chi connectivity index (χ0) is 16.2. The number of nitrogen functional groups attached to an aromatic ring is 1. The van der Waals surface area contributed by atoms with Gasteiger partial charge in [0, 0.05) is 12.7 Å². The lowest BCUT2D eigenvalue weighted by molar-refractivity contribution is 0.0865. The van der Waals surface area contributed by atoms with Crippen LogP contribution >= 0.6 is 0 Å². The van der Waals surface area contributed by atoms with Gasteiger partial charge in [0.25, 0.3) is 5.56 Å². The topological polar surface area (TPSA) is 57.2 Å². The van der Waals surface area contributed by atoms with Crippen molar-refractivity contribution in [2.24, 2.45) is 5.92 Å². The summed E-state index contributed by atoms with van der Waals surface area (Å²) in [5.41, 5.74) is 8.49. The highest BCUT2D eigenvalue weighted by molar-refractivity contribution is 5.40. The molecule has 2 aromatic rings. The van der Waals surface area contributed by atoms with Crippen LogP contribution in [-0.2, 0) is 17.9 Å². The van der Waals surface area contributed by atoms with Crippen molar-refractivity contribution >= 4 is 5.69 Å². The molecule has 0 spiro atoms. The van der Waals surface area contributed by atoms with Crippen LogP contribution in [0.2, 0.25) is 0 Å². The SMILES string of the molecule is CC(COCc1ccccc1)Cn1cc(C2CC2)cc(N)c1=O. The van der Waals surface area contributed by atoms with Gasteiger partial charge in [0.05, 0.1) is 18.9 Å². The number of benzene rings is 1. The molecule has 4 nitrogen and oxygen atoms in total. The Morgan fingerprint density at radius 3 is 2.74 bits per heavy atom. The van der Waals surface area contributed by atoms with E-state index in [9.17, 15) is 4.79 Å². The molecule has 2 N–H and O–H groups in total. The van der Waals surface area contributed by atoms with Gasteiger partial charge in [-0.1, -0.05) is 37.3 Å². The maximum absolute atomic E-state index is 12.2. The van der Waals surface area contributed by atoms with Crippen molar-refractivity contribution in [3.8, 4) is 0 Å². The Kier molecular flexibility index (Phi) is 4.82. The largest absolute Gasteiger partial charge is 0.394 e. The smallest absolute Gasteiger partial charge is 0.273 e. The second-order valence-corrected chi connectivity index (χ2v) is 6.57. The molecule has 1 heterocycles. The minimum Gasteiger partial charge on any atom is -0.394 e. The predicted octanol–water partition coefficient (Wildman–Crippen LogP) is 3.16. The molecular formula is C19H24N2O2. The van der Waals surface area contributed by atoms with Crippen LogP contribution in [0.5, 0.6) is 0 Å². The van der Waals surface area contributed by atoms with Crippen molar-refractivity contribution in [3.05, 3.63) is 64.1 Å². The van der Waals surface area contributed by atoms with Gasteiger partial charge in [0.15, 0.2) is 0 Å². The Bertz CT molecular complexity index is 705. The first-order chi connectivity index (χ1) is 11.1. The average Bonchev–Trinajstić information content (AvgIpc) is 3.37. The van der Waals surface area contributed by atoms with Gasteiger partial charge < -0.3 is 15.0 Å². The van der Waals surface area contributed by atoms with E-state index in [-0.39, 0.29) is 11.5 Å². The summed E-state index contributed by atoms with van der Waals surface area (Å²) in [7, 11) is 0. The van der Waals surface area contributed by atoms with E-state index in [1.807, 2.05) is 30.5 Å². The van der Waals surface area contributed by atoms with Gasteiger partial charge >= 0.3 is 0 Å². The Hall–Kier alpha value is -2.07. The normalized spacial score (nSPS) is 15.5. The number of pyridine rings is 1. The third-order valence-electron chi connectivity index (χ3n) is 4.21. The Labute approximate surface area is 136 Å². The molecule has 1 aromatic carbocycles. The molecule has 1 aliphatic rings. The number of hydrogen-bond acceptors (Lipinski definition) is 3. The van der Waals surface area contributed by atoms with Gasteiger partial charge in [-0.2, -0.15) is 0 Å². The Balaban J connectivity index is 1.57. The molecule has 1 aliphatic carbocycles. The second-order valence-electron chi connectivity index (χ2n) is 6.57. The van der Waals surface area contributed by atoms with Gasteiger partial charge in [0.2, 0.25) is 0 Å². The van der Waals surface area contributed by atoms with E-state index in [2.05, 4.69) is 19.1 Å².